The molecule has 0 bridgehead atoms. The lowest BCUT2D eigenvalue weighted by Crippen LogP contribution is -2.70. The summed E-state index contributed by atoms with van der Waals surface area (Å²) >= 11 is 0. The minimum absolute atomic E-state index is 0.0345. The van der Waals surface area contributed by atoms with Gasteiger partial charge in [0.2, 0.25) is 0 Å². The van der Waals surface area contributed by atoms with Crippen molar-refractivity contribution >= 4 is 56.4 Å². The zero-order valence-corrected chi connectivity index (χ0v) is 68.8. The van der Waals surface area contributed by atoms with E-state index in [9.17, 15) is 0 Å². The number of ether oxygens (including phenoxy) is 6. The molecule has 2 aliphatic rings. The summed E-state index contributed by atoms with van der Waals surface area (Å²) in [4.78, 5) is 0. The highest BCUT2D eigenvalue weighted by Gasteiger charge is 2.62. The van der Waals surface area contributed by atoms with Gasteiger partial charge in [0.25, 0.3) is 0 Å². The Balaban J connectivity index is 1.35. The third-order valence-corrected chi connectivity index (χ3v) is 45.5. The summed E-state index contributed by atoms with van der Waals surface area (Å²) in [6.45, 7) is 57.6. The van der Waals surface area contributed by atoms with E-state index in [-0.39, 0.29) is 50.3 Å². The van der Waals surface area contributed by atoms with E-state index in [1.807, 2.05) is 19.2 Å². The standard InChI is InChI=1S/C81H128O10PSi4/c1-60(54-66(88-93(18,19)77(4,5)6)59-84-57-64-49-51-65(82-16)52-50-64)55-71-75(90-95(22,23)79(10,11)12)73(85-58-63-40-30-26-31-41-63)62(3)74(86-71)76(91-96(24,25)80(13,14)15)81(83-17)56-72(89-94(20,21)78(7,8)9)61(2)70(87-81)48-38-39-53-92(67-42-32-27-33-43-67,68-44-34-28-35-45-68)69-46-36-29-37-47-69/h26-37,40-47,49-52,61-62,66,70-76H,1,38-39,48,53-59H2,2-25H3/q+1/t61-,62+,66-,70+,71+,72-,73+,74+,75+,76-,81+/m0/s1. The van der Waals surface area contributed by atoms with Crippen LogP contribution in [-0.2, 0) is 54.6 Å². The molecule has 532 valence electrons. The van der Waals surface area contributed by atoms with Crippen molar-refractivity contribution in [2.24, 2.45) is 11.8 Å². The summed E-state index contributed by atoms with van der Waals surface area (Å²) in [5.74, 6) is -0.728. The molecule has 5 aromatic rings. The topological polar surface area (TPSA) is 92.3 Å². The quantitative estimate of drug-likeness (QED) is 0.0185. The second-order valence-electron chi connectivity index (χ2n) is 34.1. The molecule has 10 nitrogen and oxygen atoms in total. The Morgan fingerprint density at radius 1 is 0.552 bits per heavy atom. The van der Waals surface area contributed by atoms with Crippen LogP contribution in [0.25, 0.3) is 0 Å². The van der Waals surface area contributed by atoms with Crippen molar-refractivity contribution in [2.45, 2.75) is 276 Å². The highest BCUT2D eigenvalue weighted by atomic mass is 31.2. The van der Waals surface area contributed by atoms with Crippen molar-refractivity contribution in [1.29, 1.82) is 0 Å². The summed E-state index contributed by atoms with van der Waals surface area (Å²) in [6.07, 6.45) is 1.85. The summed E-state index contributed by atoms with van der Waals surface area (Å²) in [5.41, 5.74) is 3.17. The van der Waals surface area contributed by atoms with E-state index in [2.05, 4.69) is 283 Å². The van der Waals surface area contributed by atoms with Crippen molar-refractivity contribution in [3.63, 3.8) is 0 Å². The van der Waals surface area contributed by atoms with Gasteiger partial charge in [0.05, 0.1) is 75.8 Å². The lowest BCUT2D eigenvalue weighted by Gasteiger charge is -2.58. The molecule has 7 rings (SSSR count). The maximum atomic E-state index is 8.17. The largest absolute Gasteiger partial charge is 0.497 e. The SMILES string of the molecule is C=C(C[C@@H](COCc1ccc(OC)cc1)O[Si](C)(C)C(C)(C)C)C[C@H]1O[C@@H]([C@H](O[Si](C)(C)C(C)(C)C)[C@@]2(OC)C[C@H](O[Si](C)(C)C(C)(C)C)[C@@H](C)[C@@H](CCCC[P+](c3ccccc3)(c3ccccc3)c3ccccc3)O2)[C@H](C)[C@@H](OCc2ccccc2)[C@@H]1O[Si](C)(C)C(C)(C)C. The van der Waals surface area contributed by atoms with Gasteiger partial charge >= 0.3 is 0 Å². The molecule has 0 saturated carbocycles. The molecule has 2 fully saturated rings. The number of hydrogen-bond acceptors (Lipinski definition) is 10. The first-order chi connectivity index (χ1) is 44.7. The highest BCUT2D eigenvalue weighted by Crippen LogP contribution is 2.57. The van der Waals surface area contributed by atoms with Gasteiger partial charge in [-0.05, 0) is 164 Å². The summed E-state index contributed by atoms with van der Waals surface area (Å²) < 4.78 is 74.3. The van der Waals surface area contributed by atoms with E-state index in [0.717, 1.165) is 47.9 Å². The number of hydrogen-bond donors (Lipinski definition) is 0. The second kappa shape index (κ2) is 32.7. The smallest absolute Gasteiger partial charge is 0.198 e. The first kappa shape index (κ1) is 79.9. The van der Waals surface area contributed by atoms with Gasteiger partial charge in [-0.15, -0.1) is 0 Å². The fourth-order valence-corrected chi connectivity index (χ4v) is 22.6. The predicted molar refractivity (Wildman–Crippen MR) is 414 cm³/mol. The van der Waals surface area contributed by atoms with Crippen LogP contribution in [0.4, 0.5) is 0 Å². The molecular weight excluding hydrogens is 1280 g/mol. The van der Waals surface area contributed by atoms with Crippen LogP contribution in [0.1, 0.15) is 147 Å². The molecule has 0 aliphatic carbocycles. The van der Waals surface area contributed by atoms with E-state index >= 15 is 0 Å². The van der Waals surface area contributed by atoms with Crippen molar-refractivity contribution in [3.05, 3.63) is 169 Å². The first-order valence-corrected chi connectivity index (χ1v) is 49.5. The Labute approximate surface area is 588 Å². The van der Waals surface area contributed by atoms with Gasteiger partial charge in [-0.2, -0.15) is 0 Å². The Hall–Kier alpha value is -3.42. The Bertz CT molecular complexity index is 3060. The molecule has 0 unspecified atom stereocenters. The maximum Gasteiger partial charge on any atom is 0.198 e. The predicted octanol–water partition coefficient (Wildman–Crippen LogP) is 20.0. The van der Waals surface area contributed by atoms with Gasteiger partial charge in [0.15, 0.2) is 39.1 Å². The number of methoxy groups -OCH3 is 2. The fraction of sp³-hybridized carbons (Fsp3) is 0.605. The van der Waals surface area contributed by atoms with Gasteiger partial charge in [0.1, 0.15) is 35.0 Å². The summed E-state index contributed by atoms with van der Waals surface area (Å²) in [6, 6.07) is 52.5. The molecule has 2 aliphatic heterocycles. The van der Waals surface area contributed by atoms with Crippen LogP contribution in [-0.4, -0.2) is 115 Å². The van der Waals surface area contributed by atoms with Crippen molar-refractivity contribution in [3.8, 4) is 5.75 Å². The van der Waals surface area contributed by atoms with Crippen LogP contribution in [0.15, 0.2) is 158 Å². The lowest BCUT2D eigenvalue weighted by atomic mass is 9.78. The Kier molecular flexibility index (Phi) is 27.2. The van der Waals surface area contributed by atoms with Crippen molar-refractivity contribution < 1.29 is 46.1 Å². The summed E-state index contributed by atoms with van der Waals surface area (Å²) in [5, 5.41) is 3.80. The van der Waals surface area contributed by atoms with Crippen LogP contribution < -0.4 is 20.7 Å². The van der Waals surface area contributed by atoms with Gasteiger partial charge < -0.3 is 46.1 Å². The van der Waals surface area contributed by atoms with E-state index < -0.39 is 76.8 Å². The van der Waals surface area contributed by atoms with Crippen LogP contribution >= 0.6 is 7.26 Å². The zero-order valence-electron chi connectivity index (χ0n) is 63.9. The van der Waals surface area contributed by atoms with Gasteiger partial charge in [-0.1, -0.05) is 206 Å². The molecule has 0 aromatic heterocycles. The maximum absolute atomic E-state index is 8.17. The average Bonchev–Trinajstić information content (AvgIpc) is 0.743. The van der Waals surface area contributed by atoms with Gasteiger partial charge in [-0.25, -0.2) is 0 Å². The molecule has 2 saturated heterocycles. The molecule has 96 heavy (non-hydrogen) atoms. The van der Waals surface area contributed by atoms with Crippen molar-refractivity contribution in [1.82, 2.24) is 0 Å². The van der Waals surface area contributed by atoms with E-state index in [4.69, 9.17) is 52.7 Å². The first-order valence-electron chi connectivity index (χ1n) is 35.9. The lowest BCUT2D eigenvalue weighted by molar-refractivity contribution is -0.355. The van der Waals surface area contributed by atoms with Gasteiger partial charge in [0, 0.05) is 25.4 Å². The average molecular weight is 1410 g/mol. The molecule has 11 atom stereocenters. The molecular formula is C81H128O10PSi4+. The zero-order chi connectivity index (χ0) is 70.9. The Morgan fingerprint density at radius 3 is 1.50 bits per heavy atom. The number of benzene rings is 5. The van der Waals surface area contributed by atoms with E-state index in [1.165, 1.54) is 15.9 Å². The fourth-order valence-electron chi connectivity index (χ4n) is 12.8. The van der Waals surface area contributed by atoms with Crippen molar-refractivity contribution in [2.75, 3.05) is 27.0 Å². The van der Waals surface area contributed by atoms with E-state index in [0.29, 0.717) is 39.1 Å². The highest BCUT2D eigenvalue weighted by molar-refractivity contribution is 7.95. The third kappa shape index (κ3) is 19.6. The van der Waals surface area contributed by atoms with Crippen LogP contribution in [0.3, 0.4) is 0 Å². The number of unbranched alkanes of at least 4 members (excludes halogenated alkanes) is 1. The summed E-state index contributed by atoms with van der Waals surface area (Å²) in [7, 11) is -8.55. The minimum Gasteiger partial charge on any atom is -0.497 e. The van der Waals surface area contributed by atoms with Gasteiger partial charge in [-0.3, -0.25) is 0 Å². The second-order valence-corrected chi connectivity index (χ2v) is 56.8. The third-order valence-electron chi connectivity index (χ3n) is 23.0. The molecule has 15 heteroatoms. The molecule has 0 N–H and O–H groups in total. The minimum atomic E-state index is -2.73. The Morgan fingerprint density at radius 2 is 1.02 bits per heavy atom. The van der Waals surface area contributed by atoms with Crippen LogP contribution in [0, 0.1) is 11.8 Å². The molecule has 0 amide bonds. The molecule has 5 aromatic carbocycles. The normalized spacial score (nSPS) is 23.5. The molecule has 2 heterocycles. The molecule has 0 radical (unpaired) electrons. The monoisotopic (exact) mass is 1400 g/mol. The molecule has 0 spiro atoms. The van der Waals surface area contributed by atoms with Crippen LogP contribution in [0.2, 0.25) is 72.5 Å². The number of rotatable bonds is 31. The van der Waals surface area contributed by atoms with Crippen LogP contribution in [0.5, 0.6) is 5.75 Å². The van der Waals surface area contributed by atoms with E-state index in [1.54, 1.807) is 7.11 Å².